The molecule has 0 amide bonds. The van der Waals surface area contributed by atoms with Crippen LogP contribution in [0.1, 0.15) is 0 Å². The second kappa shape index (κ2) is 6.12. The first-order valence-electron chi connectivity index (χ1n) is 4.84. The van der Waals surface area contributed by atoms with E-state index in [1.807, 2.05) is 6.07 Å². The zero-order valence-corrected chi connectivity index (χ0v) is 8.98. The van der Waals surface area contributed by atoms with Gasteiger partial charge in [-0.15, -0.1) is 0 Å². The molecular weight excluding hydrogens is 220 g/mol. The van der Waals surface area contributed by atoms with Crippen LogP contribution < -0.4 is 5.73 Å². The van der Waals surface area contributed by atoms with Crippen LogP contribution in [0.5, 0.6) is 5.75 Å². The minimum atomic E-state index is -0.505. The molecule has 0 aromatic heterocycles. The van der Waals surface area contributed by atoms with E-state index in [2.05, 4.69) is 0 Å². The van der Waals surface area contributed by atoms with Crippen LogP contribution in [-0.4, -0.2) is 10.0 Å². The number of para-hydroxylation sites is 3. The molecule has 0 fully saturated rings. The van der Waals surface area contributed by atoms with Crippen molar-refractivity contribution in [2.24, 2.45) is 0 Å². The molecule has 0 bridgehead atoms. The van der Waals surface area contributed by atoms with E-state index < -0.39 is 4.92 Å². The molecule has 0 atom stereocenters. The van der Waals surface area contributed by atoms with E-state index >= 15 is 0 Å². The standard InChI is InChI=1S/C6H6N2O2.C6H6O/c7-5-3-1-2-4-6(5)8(9)10;7-6-4-2-1-3-5-6/h1-4H,7H2;1-5,7H. The van der Waals surface area contributed by atoms with Gasteiger partial charge in [-0.3, -0.25) is 10.1 Å². The van der Waals surface area contributed by atoms with Gasteiger partial charge in [-0.2, -0.15) is 0 Å². The van der Waals surface area contributed by atoms with Crippen molar-refractivity contribution < 1.29 is 10.0 Å². The normalized spacial score (nSPS) is 8.94. The zero-order valence-electron chi connectivity index (χ0n) is 8.98. The Morgan fingerprint density at radius 1 is 1.00 bits per heavy atom. The van der Waals surface area contributed by atoms with E-state index in [-0.39, 0.29) is 11.4 Å². The molecule has 17 heavy (non-hydrogen) atoms. The smallest absolute Gasteiger partial charge is 0.292 e. The Hall–Kier alpha value is -2.56. The van der Waals surface area contributed by atoms with Gasteiger partial charge in [0.25, 0.3) is 5.69 Å². The third-order valence-corrected chi connectivity index (χ3v) is 1.89. The zero-order chi connectivity index (χ0) is 12.7. The highest BCUT2D eigenvalue weighted by Crippen LogP contribution is 2.18. The molecule has 3 N–H and O–H groups in total. The van der Waals surface area contributed by atoms with Crippen LogP contribution in [-0.2, 0) is 0 Å². The van der Waals surface area contributed by atoms with Gasteiger partial charge in [0, 0.05) is 6.07 Å². The largest absolute Gasteiger partial charge is 0.508 e. The molecule has 2 rings (SSSR count). The van der Waals surface area contributed by atoms with Crippen LogP contribution in [0.2, 0.25) is 0 Å². The van der Waals surface area contributed by atoms with E-state index in [1.165, 1.54) is 12.1 Å². The maximum atomic E-state index is 10.1. The summed E-state index contributed by atoms with van der Waals surface area (Å²) < 4.78 is 0. The minimum absolute atomic E-state index is 0.0394. The summed E-state index contributed by atoms with van der Waals surface area (Å²) in [5, 5.41) is 18.8. The number of benzene rings is 2. The number of nitro groups is 1. The van der Waals surface area contributed by atoms with Crippen LogP contribution in [0.3, 0.4) is 0 Å². The van der Waals surface area contributed by atoms with Crippen molar-refractivity contribution in [3.05, 3.63) is 64.7 Å². The fourth-order valence-corrected chi connectivity index (χ4v) is 1.08. The summed E-state index contributed by atoms with van der Waals surface area (Å²) in [6, 6.07) is 14.8. The summed E-state index contributed by atoms with van der Waals surface area (Å²) >= 11 is 0. The van der Waals surface area contributed by atoms with Gasteiger partial charge in [0.15, 0.2) is 0 Å². The average Bonchev–Trinajstić information content (AvgIpc) is 2.31. The summed E-state index contributed by atoms with van der Waals surface area (Å²) in [6.07, 6.45) is 0. The number of hydrogen-bond donors (Lipinski definition) is 2. The number of phenols is 1. The Kier molecular flexibility index (Phi) is 4.50. The fourth-order valence-electron chi connectivity index (χ4n) is 1.08. The average molecular weight is 232 g/mol. The molecule has 0 saturated carbocycles. The molecular formula is C12H12N2O3. The number of aromatic hydroxyl groups is 1. The number of anilines is 1. The van der Waals surface area contributed by atoms with E-state index in [9.17, 15) is 10.1 Å². The lowest BCUT2D eigenvalue weighted by atomic mass is 10.3. The summed E-state index contributed by atoms with van der Waals surface area (Å²) in [7, 11) is 0. The highest BCUT2D eigenvalue weighted by atomic mass is 16.6. The summed E-state index contributed by atoms with van der Waals surface area (Å²) in [5.74, 6) is 0.322. The van der Waals surface area contributed by atoms with Gasteiger partial charge in [-0.05, 0) is 18.2 Å². The lowest BCUT2D eigenvalue weighted by Crippen LogP contribution is -1.93. The third kappa shape index (κ3) is 4.21. The van der Waals surface area contributed by atoms with Crippen LogP contribution in [0.15, 0.2) is 54.6 Å². The number of nitrogens with zero attached hydrogens (tertiary/aromatic N) is 1. The van der Waals surface area contributed by atoms with Crippen LogP contribution in [0.25, 0.3) is 0 Å². The molecule has 0 saturated heterocycles. The molecule has 0 radical (unpaired) electrons. The van der Waals surface area contributed by atoms with Crippen molar-refractivity contribution in [1.29, 1.82) is 0 Å². The van der Waals surface area contributed by atoms with E-state index in [4.69, 9.17) is 10.8 Å². The number of nitrogens with two attached hydrogens (primary N) is 1. The third-order valence-electron chi connectivity index (χ3n) is 1.89. The van der Waals surface area contributed by atoms with Crippen molar-refractivity contribution in [2.45, 2.75) is 0 Å². The molecule has 0 heterocycles. The van der Waals surface area contributed by atoms with Crippen LogP contribution >= 0.6 is 0 Å². The highest BCUT2D eigenvalue weighted by molar-refractivity contribution is 5.57. The van der Waals surface area contributed by atoms with Gasteiger partial charge in [0.05, 0.1) is 4.92 Å². The summed E-state index contributed by atoms with van der Waals surface area (Å²) in [6.45, 7) is 0. The molecule has 0 aliphatic heterocycles. The predicted molar refractivity (Wildman–Crippen MR) is 65.6 cm³/mol. The van der Waals surface area contributed by atoms with Crippen LogP contribution in [0, 0.1) is 10.1 Å². The first-order valence-corrected chi connectivity index (χ1v) is 4.84. The topological polar surface area (TPSA) is 89.4 Å². The molecule has 5 nitrogen and oxygen atoms in total. The van der Waals surface area contributed by atoms with E-state index in [0.29, 0.717) is 5.75 Å². The molecule has 2 aromatic carbocycles. The summed E-state index contributed by atoms with van der Waals surface area (Å²) in [4.78, 5) is 9.64. The maximum absolute atomic E-state index is 10.1. The Balaban J connectivity index is 0.000000181. The van der Waals surface area contributed by atoms with Gasteiger partial charge in [-0.25, -0.2) is 0 Å². The summed E-state index contributed by atoms with van der Waals surface area (Å²) in [5.41, 5.74) is 5.44. The van der Waals surface area contributed by atoms with Crippen molar-refractivity contribution in [3.63, 3.8) is 0 Å². The second-order valence-electron chi connectivity index (χ2n) is 3.15. The fraction of sp³-hybridized carbons (Fsp3) is 0. The highest BCUT2D eigenvalue weighted by Gasteiger charge is 2.07. The van der Waals surface area contributed by atoms with Crippen molar-refractivity contribution >= 4 is 11.4 Å². The van der Waals surface area contributed by atoms with Gasteiger partial charge in [-0.1, -0.05) is 30.3 Å². The lowest BCUT2D eigenvalue weighted by Gasteiger charge is -1.92. The second-order valence-corrected chi connectivity index (χ2v) is 3.15. The monoisotopic (exact) mass is 232 g/mol. The van der Waals surface area contributed by atoms with Gasteiger partial charge in [0.2, 0.25) is 0 Å². The molecule has 0 spiro atoms. The van der Waals surface area contributed by atoms with Crippen molar-refractivity contribution in [2.75, 3.05) is 5.73 Å². The first kappa shape index (κ1) is 12.5. The maximum Gasteiger partial charge on any atom is 0.292 e. The molecule has 88 valence electrons. The quantitative estimate of drug-likeness (QED) is 0.449. The predicted octanol–water partition coefficient (Wildman–Crippen LogP) is 2.57. The molecule has 0 unspecified atom stereocenters. The molecule has 2 aromatic rings. The van der Waals surface area contributed by atoms with E-state index in [0.717, 1.165) is 0 Å². The Labute approximate surface area is 98.3 Å². The van der Waals surface area contributed by atoms with Gasteiger partial charge >= 0.3 is 0 Å². The van der Waals surface area contributed by atoms with Crippen LogP contribution in [0.4, 0.5) is 11.4 Å². The number of nitro benzene ring substituents is 1. The first-order chi connectivity index (χ1) is 8.11. The van der Waals surface area contributed by atoms with Gasteiger partial charge in [0.1, 0.15) is 11.4 Å². The van der Waals surface area contributed by atoms with Crippen molar-refractivity contribution in [3.8, 4) is 5.75 Å². The number of hydrogen-bond acceptors (Lipinski definition) is 4. The SMILES string of the molecule is Nc1ccccc1[N+](=O)[O-].Oc1ccccc1. The number of phenolic OH excluding ortho intramolecular Hbond substituents is 1. The molecule has 0 aliphatic carbocycles. The molecule has 0 aliphatic rings. The Morgan fingerprint density at radius 2 is 1.53 bits per heavy atom. The lowest BCUT2D eigenvalue weighted by molar-refractivity contribution is -0.383. The van der Waals surface area contributed by atoms with Crippen molar-refractivity contribution in [1.82, 2.24) is 0 Å². The number of rotatable bonds is 1. The Morgan fingerprint density at radius 3 is 1.88 bits per heavy atom. The minimum Gasteiger partial charge on any atom is -0.508 e. The van der Waals surface area contributed by atoms with Gasteiger partial charge < -0.3 is 10.8 Å². The van der Waals surface area contributed by atoms with E-state index in [1.54, 1.807) is 36.4 Å². The number of nitrogen functional groups attached to an aromatic ring is 1. The molecule has 5 heteroatoms. The Bertz CT molecular complexity index is 486.